The summed E-state index contributed by atoms with van der Waals surface area (Å²) in [5, 5.41) is 4.20. The zero-order valence-corrected chi connectivity index (χ0v) is 15.5. The molecule has 0 aromatic rings. The van der Waals surface area contributed by atoms with Gasteiger partial charge in [0, 0.05) is 51.4 Å². The Kier molecular flexibility index (Phi) is 10.7. The van der Waals surface area contributed by atoms with Crippen LogP contribution in [0.4, 0.5) is 0 Å². The number of methoxy groups -OCH3 is 1. The number of thioether (sulfide) groups is 1. The summed E-state index contributed by atoms with van der Waals surface area (Å²) in [4.78, 5) is 6.84. The SMILES string of the molecule is CN=C(NCCCCOCCOC)N1CCSC(C(C)C)C1. The lowest BCUT2D eigenvalue weighted by Crippen LogP contribution is -2.49. The van der Waals surface area contributed by atoms with E-state index in [9.17, 15) is 0 Å². The Morgan fingerprint density at radius 3 is 2.82 bits per heavy atom. The summed E-state index contributed by atoms with van der Waals surface area (Å²) in [6.07, 6.45) is 2.17. The maximum absolute atomic E-state index is 5.47. The molecule has 0 aromatic heterocycles. The lowest BCUT2D eigenvalue weighted by atomic mass is 10.1. The second-order valence-electron chi connectivity index (χ2n) is 5.89. The van der Waals surface area contributed by atoms with Crippen LogP contribution < -0.4 is 5.32 Å². The molecule has 0 amide bonds. The third-order valence-electron chi connectivity index (χ3n) is 3.78. The summed E-state index contributed by atoms with van der Waals surface area (Å²) in [6, 6.07) is 0. The van der Waals surface area contributed by atoms with E-state index in [0.717, 1.165) is 51.0 Å². The molecule has 0 spiro atoms. The van der Waals surface area contributed by atoms with Crippen LogP contribution in [0.2, 0.25) is 0 Å². The Labute approximate surface area is 140 Å². The molecule has 5 nitrogen and oxygen atoms in total. The number of hydrogen-bond donors (Lipinski definition) is 1. The summed E-state index contributed by atoms with van der Waals surface area (Å²) >= 11 is 2.09. The van der Waals surface area contributed by atoms with Crippen LogP contribution in [0.25, 0.3) is 0 Å². The van der Waals surface area contributed by atoms with Crippen molar-refractivity contribution in [2.45, 2.75) is 31.9 Å². The fourth-order valence-electron chi connectivity index (χ4n) is 2.38. The normalized spacial score (nSPS) is 19.8. The van der Waals surface area contributed by atoms with Crippen molar-refractivity contribution in [2.24, 2.45) is 10.9 Å². The minimum absolute atomic E-state index is 0.675. The van der Waals surface area contributed by atoms with Gasteiger partial charge in [-0.15, -0.1) is 0 Å². The number of nitrogens with one attached hydrogen (secondary N) is 1. The van der Waals surface area contributed by atoms with Gasteiger partial charge in [-0.2, -0.15) is 11.8 Å². The monoisotopic (exact) mass is 331 g/mol. The molecule has 1 rings (SSSR count). The zero-order valence-electron chi connectivity index (χ0n) is 14.6. The number of nitrogens with zero attached hydrogens (tertiary/aromatic N) is 2. The van der Waals surface area contributed by atoms with Gasteiger partial charge in [-0.3, -0.25) is 4.99 Å². The number of guanidine groups is 1. The smallest absolute Gasteiger partial charge is 0.193 e. The molecule has 1 heterocycles. The molecule has 1 atom stereocenters. The highest BCUT2D eigenvalue weighted by atomic mass is 32.2. The van der Waals surface area contributed by atoms with Crippen molar-refractivity contribution >= 4 is 17.7 Å². The van der Waals surface area contributed by atoms with Crippen molar-refractivity contribution in [3.8, 4) is 0 Å². The molecule has 1 N–H and O–H groups in total. The quantitative estimate of drug-likeness (QED) is 0.398. The van der Waals surface area contributed by atoms with Gasteiger partial charge < -0.3 is 19.7 Å². The van der Waals surface area contributed by atoms with Gasteiger partial charge in [-0.05, 0) is 18.8 Å². The van der Waals surface area contributed by atoms with Crippen molar-refractivity contribution < 1.29 is 9.47 Å². The summed E-state index contributed by atoms with van der Waals surface area (Å²) in [5.41, 5.74) is 0. The molecule has 0 aromatic carbocycles. The van der Waals surface area contributed by atoms with Crippen molar-refractivity contribution in [1.29, 1.82) is 0 Å². The predicted octanol–water partition coefficient (Wildman–Crippen LogP) is 2.08. The molecule has 6 heteroatoms. The van der Waals surface area contributed by atoms with E-state index in [-0.39, 0.29) is 0 Å². The third kappa shape index (κ3) is 7.70. The van der Waals surface area contributed by atoms with E-state index >= 15 is 0 Å². The van der Waals surface area contributed by atoms with E-state index in [4.69, 9.17) is 9.47 Å². The summed E-state index contributed by atoms with van der Waals surface area (Å²) < 4.78 is 10.4. The van der Waals surface area contributed by atoms with Crippen LogP contribution in [0.15, 0.2) is 4.99 Å². The van der Waals surface area contributed by atoms with E-state index in [0.29, 0.717) is 18.5 Å². The van der Waals surface area contributed by atoms with Crippen LogP contribution in [0.5, 0.6) is 0 Å². The number of aliphatic imine (C=N–C) groups is 1. The topological polar surface area (TPSA) is 46.1 Å². The second kappa shape index (κ2) is 12.0. The van der Waals surface area contributed by atoms with Crippen molar-refractivity contribution in [3.05, 3.63) is 0 Å². The molecular formula is C16H33N3O2S. The molecular weight excluding hydrogens is 298 g/mol. The molecule has 0 aliphatic carbocycles. The minimum Gasteiger partial charge on any atom is -0.382 e. The molecule has 130 valence electrons. The standard InChI is InChI=1S/C16H33N3O2S/c1-14(2)15-13-19(8-12-22-15)16(17-3)18-7-5-6-9-21-11-10-20-4/h14-15H,5-13H2,1-4H3,(H,17,18). The van der Waals surface area contributed by atoms with Gasteiger partial charge in [0.2, 0.25) is 0 Å². The molecule has 1 saturated heterocycles. The number of unbranched alkanes of at least 4 members (excludes halogenated alkanes) is 1. The Bertz CT molecular complexity index is 314. The van der Waals surface area contributed by atoms with Gasteiger partial charge in [0.15, 0.2) is 5.96 Å². The first-order valence-electron chi connectivity index (χ1n) is 8.33. The van der Waals surface area contributed by atoms with Crippen LogP contribution in [0, 0.1) is 5.92 Å². The highest BCUT2D eigenvalue weighted by molar-refractivity contribution is 8.00. The maximum Gasteiger partial charge on any atom is 0.193 e. The summed E-state index contributed by atoms with van der Waals surface area (Å²) in [6.45, 7) is 9.93. The lowest BCUT2D eigenvalue weighted by molar-refractivity contribution is 0.0689. The molecule has 22 heavy (non-hydrogen) atoms. The van der Waals surface area contributed by atoms with Gasteiger partial charge in [-0.25, -0.2) is 0 Å². The lowest BCUT2D eigenvalue weighted by Gasteiger charge is -2.36. The molecule has 1 aliphatic rings. The van der Waals surface area contributed by atoms with Crippen molar-refractivity contribution in [1.82, 2.24) is 10.2 Å². The van der Waals surface area contributed by atoms with Crippen LogP contribution in [-0.4, -0.2) is 75.5 Å². The molecule has 1 aliphatic heterocycles. The fourth-order valence-corrected chi connectivity index (χ4v) is 3.68. The average Bonchev–Trinajstić information content (AvgIpc) is 2.53. The number of rotatable bonds is 9. The van der Waals surface area contributed by atoms with Gasteiger partial charge in [-0.1, -0.05) is 13.8 Å². The van der Waals surface area contributed by atoms with Crippen LogP contribution in [0.3, 0.4) is 0 Å². The van der Waals surface area contributed by atoms with E-state index in [1.54, 1.807) is 7.11 Å². The van der Waals surface area contributed by atoms with Gasteiger partial charge in [0.1, 0.15) is 0 Å². The Hall–Kier alpha value is -0.460. The molecule has 0 saturated carbocycles. The largest absolute Gasteiger partial charge is 0.382 e. The first-order valence-corrected chi connectivity index (χ1v) is 9.37. The van der Waals surface area contributed by atoms with Crippen molar-refractivity contribution in [2.75, 3.05) is 59.4 Å². The Balaban J connectivity index is 2.17. The Morgan fingerprint density at radius 2 is 2.14 bits per heavy atom. The van der Waals surface area contributed by atoms with E-state index < -0.39 is 0 Å². The molecule has 1 fully saturated rings. The van der Waals surface area contributed by atoms with Crippen LogP contribution >= 0.6 is 11.8 Å². The number of ether oxygens (including phenoxy) is 2. The summed E-state index contributed by atoms with van der Waals surface area (Å²) in [7, 11) is 3.57. The zero-order chi connectivity index (χ0) is 16.2. The summed E-state index contributed by atoms with van der Waals surface area (Å²) in [5.74, 6) is 2.96. The maximum atomic E-state index is 5.47. The van der Waals surface area contributed by atoms with Gasteiger partial charge in [0.25, 0.3) is 0 Å². The minimum atomic E-state index is 0.675. The number of hydrogen-bond acceptors (Lipinski definition) is 4. The molecule has 0 bridgehead atoms. The van der Waals surface area contributed by atoms with Gasteiger partial charge >= 0.3 is 0 Å². The van der Waals surface area contributed by atoms with E-state index in [2.05, 4.69) is 40.8 Å². The highest BCUT2D eigenvalue weighted by Crippen LogP contribution is 2.24. The Morgan fingerprint density at radius 1 is 1.32 bits per heavy atom. The highest BCUT2D eigenvalue weighted by Gasteiger charge is 2.24. The molecule has 1 unspecified atom stereocenters. The van der Waals surface area contributed by atoms with Crippen molar-refractivity contribution in [3.63, 3.8) is 0 Å². The average molecular weight is 332 g/mol. The predicted molar refractivity (Wildman–Crippen MR) is 95.9 cm³/mol. The van der Waals surface area contributed by atoms with Crippen LogP contribution in [-0.2, 0) is 9.47 Å². The first kappa shape index (κ1) is 19.6. The second-order valence-corrected chi connectivity index (χ2v) is 7.23. The van der Waals surface area contributed by atoms with E-state index in [1.165, 1.54) is 5.75 Å². The first-order chi connectivity index (χ1) is 10.7. The fraction of sp³-hybridized carbons (Fsp3) is 0.938. The van der Waals surface area contributed by atoms with Gasteiger partial charge in [0.05, 0.1) is 13.2 Å². The van der Waals surface area contributed by atoms with E-state index in [1.807, 2.05) is 7.05 Å². The van der Waals surface area contributed by atoms with Crippen LogP contribution in [0.1, 0.15) is 26.7 Å². The third-order valence-corrected chi connectivity index (χ3v) is 5.32. The molecule has 0 radical (unpaired) electrons.